The monoisotopic (exact) mass is 142 g/mol. The zero-order valence-electron chi connectivity index (χ0n) is 6.81. The van der Waals surface area contributed by atoms with E-state index in [0.717, 1.165) is 6.42 Å². The Morgan fingerprint density at radius 2 is 2.20 bits per heavy atom. The summed E-state index contributed by atoms with van der Waals surface area (Å²) >= 11 is 0. The third-order valence-corrected chi connectivity index (χ3v) is 2.54. The summed E-state index contributed by atoms with van der Waals surface area (Å²) in [7, 11) is 0. The molecule has 1 aliphatic rings. The van der Waals surface area contributed by atoms with Gasteiger partial charge in [-0.25, -0.2) is 0 Å². The summed E-state index contributed by atoms with van der Waals surface area (Å²) in [5.74, 6) is 0.403. The molecule has 0 aromatic rings. The van der Waals surface area contributed by atoms with Gasteiger partial charge in [-0.2, -0.15) is 0 Å². The van der Waals surface area contributed by atoms with Crippen LogP contribution in [0.25, 0.3) is 0 Å². The van der Waals surface area contributed by atoms with Crippen molar-refractivity contribution in [2.75, 3.05) is 6.61 Å². The molecule has 2 nitrogen and oxygen atoms in total. The Bertz CT molecular complexity index is 149. The van der Waals surface area contributed by atoms with Crippen LogP contribution < -0.4 is 0 Å². The molecule has 0 spiro atoms. The lowest BCUT2D eigenvalue weighted by atomic mass is 9.77. The quantitative estimate of drug-likeness (QED) is 0.480. The lowest BCUT2D eigenvalue weighted by molar-refractivity contribution is -0.164. The number of carbonyl (C=O) groups is 1. The lowest BCUT2D eigenvalue weighted by Crippen LogP contribution is -2.38. The molecule has 0 bridgehead atoms. The average Bonchev–Trinajstić information content (AvgIpc) is 1.84. The number of carbonyl (C=O) groups excluding carboxylic acids is 1. The standard InChI is InChI=1S/C8H14O2/c1-6-4-5-10-7(9)8(6,2)3/h6H,4-5H2,1-3H3. The number of hydrogen-bond donors (Lipinski definition) is 0. The summed E-state index contributed by atoms with van der Waals surface area (Å²) < 4.78 is 4.92. The van der Waals surface area contributed by atoms with Gasteiger partial charge < -0.3 is 4.74 Å². The molecule has 1 atom stereocenters. The van der Waals surface area contributed by atoms with Gasteiger partial charge in [0.15, 0.2) is 0 Å². The van der Waals surface area contributed by atoms with E-state index < -0.39 is 0 Å². The van der Waals surface area contributed by atoms with Crippen molar-refractivity contribution in [3.63, 3.8) is 0 Å². The first-order valence-corrected chi connectivity index (χ1v) is 3.72. The predicted molar refractivity (Wildman–Crippen MR) is 38.5 cm³/mol. The second-order valence-corrected chi connectivity index (χ2v) is 3.55. The molecule has 0 aromatic carbocycles. The first-order chi connectivity index (χ1) is 4.55. The molecule has 2 heteroatoms. The fourth-order valence-electron chi connectivity index (χ4n) is 1.08. The van der Waals surface area contributed by atoms with E-state index in [1.165, 1.54) is 0 Å². The minimum Gasteiger partial charge on any atom is -0.465 e. The van der Waals surface area contributed by atoms with Crippen LogP contribution >= 0.6 is 0 Å². The molecule has 0 N–H and O–H groups in total. The largest absolute Gasteiger partial charge is 0.465 e. The molecule has 1 aliphatic heterocycles. The van der Waals surface area contributed by atoms with Gasteiger partial charge in [0, 0.05) is 0 Å². The minimum atomic E-state index is -0.266. The average molecular weight is 142 g/mol. The van der Waals surface area contributed by atoms with Crippen LogP contribution in [0.4, 0.5) is 0 Å². The van der Waals surface area contributed by atoms with Crippen LogP contribution in [0.2, 0.25) is 0 Å². The van der Waals surface area contributed by atoms with Crippen LogP contribution in [0.1, 0.15) is 27.2 Å². The summed E-state index contributed by atoms with van der Waals surface area (Å²) in [4.78, 5) is 11.1. The van der Waals surface area contributed by atoms with Crippen LogP contribution in [-0.4, -0.2) is 12.6 Å². The normalized spacial score (nSPS) is 31.5. The van der Waals surface area contributed by atoms with E-state index >= 15 is 0 Å². The molecule has 1 heterocycles. The smallest absolute Gasteiger partial charge is 0.311 e. The van der Waals surface area contributed by atoms with Crippen molar-refractivity contribution in [3.8, 4) is 0 Å². The second-order valence-electron chi connectivity index (χ2n) is 3.55. The molecule has 10 heavy (non-hydrogen) atoms. The number of hydrogen-bond acceptors (Lipinski definition) is 2. The van der Waals surface area contributed by atoms with Gasteiger partial charge in [0.05, 0.1) is 12.0 Å². The summed E-state index contributed by atoms with van der Waals surface area (Å²) in [6, 6.07) is 0. The molecule has 0 aromatic heterocycles. The van der Waals surface area contributed by atoms with Crippen molar-refractivity contribution < 1.29 is 9.53 Å². The highest BCUT2D eigenvalue weighted by Crippen LogP contribution is 2.33. The Labute approximate surface area is 61.6 Å². The van der Waals surface area contributed by atoms with Crippen LogP contribution in [0.5, 0.6) is 0 Å². The Morgan fingerprint density at radius 1 is 1.60 bits per heavy atom. The van der Waals surface area contributed by atoms with Gasteiger partial charge in [-0.05, 0) is 26.2 Å². The van der Waals surface area contributed by atoms with Crippen molar-refractivity contribution in [1.29, 1.82) is 0 Å². The Kier molecular flexibility index (Phi) is 1.71. The highest BCUT2D eigenvalue weighted by molar-refractivity contribution is 5.76. The molecule has 1 saturated heterocycles. The van der Waals surface area contributed by atoms with E-state index in [1.54, 1.807) is 0 Å². The van der Waals surface area contributed by atoms with Crippen LogP contribution in [-0.2, 0) is 9.53 Å². The van der Waals surface area contributed by atoms with E-state index in [2.05, 4.69) is 6.92 Å². The molecule has 1 fully saturated rings. The first kappa shape index (κ1) is 7.58. The van der Waals surface area contributed by atoms with E-state index in [9.17, 15) is 4.79 Å². The number of cyclic esters (lactones) is 1. The highest BCUT2D eigenvalue weighted by atomic mass is 16.5. The zero-order valence-corrected chi connectivity index (χ0v) is 6.81. The third-order valence-electron chi connectivity index (χ3n) is 2.54. The van der Waals surface area contributed by atoms with Gasteiger partial charge in [0.1, 0.15) is 0 Å². The van der Waals surface area contributed by atoms with Gasteiger partial charge in [0.2, 0.25) is 0 Å². The van der Waals surface area contributed by atoms with Gasteiger partial charge in [-0.3, -0.25) is 4.79 Å². The zero-order chi connectivity index (χ0) is 7.78. The number of rotatable bonds is 0. The molecule has 1 unspecified atom stereocenters. The maximum absolute atomic E-state index is 11.1. The van der Waals surface area contributed by atoms with Gasteiger partial charge in [0.25, 0.3) is 0 Å². The minimum absolute atomic E-state index is 0.0498. The topological polar surface area (TPSA) is 26.3 Å². The number of esters is 1. The van der Waals surface area contributed by atoms with Gasteiger partial charge >= 0.3 is 5.97 Å². The summed E-state index contributed by atoms with van der Waals surface area (Å²) in [5, 5.41) is 0. The second kappa shape index (κ2) is 2.26. The predicted octanol–water partition coefficient (Wildman–Crippen LogP) is 1.60. The summed E-state index contributed by atoms with van der Waals surface area (Å²) in [6.45, 7) is 6.59. The van der Waals surface area contributed by atoms with Crippen molar-refractivity contribution in [1.82, 2.24) is 0 Å². The van der Waals surface area contributed by atoms with E-state index in [1.807, 2.05) is 13.8 Å². The third kappa shape index (κ3) is 1.02. The van der Waals surface area contributed by atoms with Crippen molar-refractivity contribution >= 4 is 5.97 Å². The van der Waals surface area contributed by atoms with E-state index in [0.29, 0.717) is 12.5 Å². The molecule has 0 saturated carbocycles. The van der Waals surface area contributed by atoms with Crippen molar-refractivity contribution in [3.05, 3.63) is 0 Å². The fourth-order valence-corrected chi connectivity index (χ4v) is 1.08. The van der Waals surface area contributed by atoms with Crippen molar-refractivity contribution in [2.45, 2.75) is 27.2 Å². The highest BCUT2D eigenvalue weighted by Gasteiger charge is 2.38. The molecule has 0 amide bonds. The van der Waals surface area contributed by atoms with Gasteiger partial charge in [-0.15, -0.1) is 0 Å². The van der Waals surface area contributed by atoms with Crippen LogP contribution in [0.15, 0.2) is 0 Å². The summed E-state index contributed by atoms with van der Waals surface area (Å²) in [6.07, 6.45) is 0.999. The Morgan fingerprint density at radius 3 is 2.60 bits per heavy atom. The number of ether oxygens (including phenoxy) is 1. The molecular formula is C8H14O2. The fraction of sp³-hybridized carbons (Fsp3) is 0.875. The Hall–Kier alpha value is -0.530. The van der Waals surface area contributed by atoms with Crippen LogP contribution in [0.3, 0.4) is 0 Å². The molecule has 0 radical (unpaired) electrons. The first-order valence-electron chi connectivity index (χ1n) is 3.72. The molecule has 1 rings (SSSR count). The molecular weight excluding hydrogens is 128 g/mol. The molecule has 58 valence electrons. The SMILES string of the molecule is CC1CCOC(=O)C1(C)C. The van der Waals surface area contributed by atoms with Crippen LogP contribution in [0, 0.1) is 11.3 Å². The maximum Gasteiger partial charge on any atom is 0.311 e. The summed E-state index contributed by atoms with van der Waals surface area (Å²) in [5.41, 5.74) is -0.266. The molecule has 0 aliphatic carbocycles. The Balaban J connectivity index is 2.73. The van der Waals surface area contributed by atoms with E-state index in [-0.39, 0.29) is 11.4 Å². The van der Waals surface area contributed by atoms with Crippen molar-refractivity contribution in [2.24, 2.45) is 11.3 Å². The van der Waals surface area contributed by atoms with E-state index in [4.69, 9.17) is 4.74 Å². The van der Waals surface area contributed by atoms with Gasteiger partial charge in [-0.1, -0.05) is 6.92 Å². The lowest BCUT2D eigenvalue weighted by Gasteiger charge is -2.33. The maximum atomic E-state index is 11.1.